The van der Waals surface area contributed by atoms with Gasteiger partial charge in [-0.3, -0.25) is 4.99 Å². The molecule has 0 aliphatic carbocycles. The van der Waals surface area contributed by atoms with Gasteiger partial charge >= 0.3 is 0 Å². The average molecular weight is 316 g/mol. The van der Waals surface area contributed by atoms with Crippen LogP contribution >= 0.6 is 23.5 Å². The summed E-state index contributed by atoms with van der Waals surface area (Å²) in [6, 6.07) is 14.1. The zero-order valence-corrected chi connectivity index (χ0v) is 13.4. The number of hydrogen-bond donors (Lipinski definition) is 0. The maximum atomic E-state index is 5.18. The van der Waals surface area contributed by atoms with Crippen molar-refractivity contribution in [1.82, 2.24) is 4.98 Å². The second-order valence-corrected chi connectivity index (χ2v) is 6.92. The third-order valence-electron chi connectivity index (χ3n) is 3.11. The van der Waals surface area contributed by atoms with Gasteiger partial charge in [0.2, 0.25) is 0 Å². The van der Waals surface area contributed by atoms with Crippen molar-refractivity contribution >= 4 is 28.6 Å². The molecule has 1 aliphatic rings. The lowest BCUT2D eigenvalue weighted by atomic mass is 10.2. The van der Waals surface area contributed by atoms with E-state index >= 15 is 0 Å². The quantitative estimate of drug-likeness (QED) is 0.787. The maximum Gasteiger partial charge on any atom is 0.118 e. The molecule has 21 heavy (non-hydrogen) atoms. The predicted molar refractivity (Wildman–Crippen MR) is 90.7 cm³/mol. The molecule has 0 saturated heterocycles. The Kier molecular flexibility index (Phi) is 4.83. The molecule has 1 aromatic heterocycles. The zero-order valence-electron chi connectivity index (χ0n) is 11.7. The number of hydrogen-bond acceptors (Lipinski definition) is 5. The lowest BCUT2D eigenvalue weighted by molar-refractivity contribution is 0.415. The van der Waals surface area contributed by atoms with E-state index in [1.165, 1.54) is 5.56 Å². The van der Waals surface area contributed by atoms with Crippen molar-refractivity contribution in [2.45, 2.75) is 10.3 Å². The Hall–Kier alpha value is -1.46. The van der Waals surface area contributed by atoms with Gasteiger partial charge in [-0.1, -0.05) is 6.07 Å². The molecule has 2 heterocycles. The van der Waals surface area contributed by atoms with Crippen molar-refractivity contribution in [3.05, 3.63) is 54.2 Å². The van der Waals surface area contributed by atoms with Crippen LogP contribution in [-0.4, -0.2) is 34.7 Å². The molecule has 3 nitrogen and oxygen atoms in total. The van der Waals surface area contributed by atoms with Crippen molar-refractivity contribution < 1.29 is 4.74 Å². The van der Waals surface area contributed by atoms with Gasteiger partial charge in [0.05, 0.1) is 23.7 Å². The van der Waals surface area contributed by atoms with Crippen molar-refractivity contribution in [2.24, 2.45) is 4.99 Å². The molecular weight excluding hydrogens is 300 g/mol. The summed E-state index contributed by atoms with van der Waals surface area (Å²) >= 11 is 3.65. The van der Waals surface area contributed by atoms with E-state index in [0.717, 1.165) is 28.1 Å². The molecule has 0 fully saturated rings. The minimum Gasteiger partial charge on any atom is -0.497 e. The van der Waals surface area contributed by atoms with Crippen LogP contribution < -0.4 is 4.74 Å². The number of methoxy groups -OCH3 is 1. The Morgan fingerprint density at radius 1 is 1.24 bits per heavy atom. The summed E-state index contributed by atoms with van der Waals surface area (Å²) < 4.78 is 5.18. The molecular formula is C16H16N2OS2. The van der Waals surface area contributed by atoms with Crippen LogP contribution in [-0.2, 0) is 0 Å². The SMILES string of the molecule is COc1ccc(C2=NC[C@H](CSc3ccccn3)S2)cc1. The molecule has 3 rings (SSSR count). The van der Waals surface area contributed by atoms with Crippen molar-refractivity contribution in [1.29, 1.82) is 0 Å². The second kappa shape index (κ2) is 7.00. The first-order valence-corrected chi connectivity index (χ1v) is 8.61. The van der Waals surface area contributed by atoms with E-state index in [0.29, 0.717) is 5.25 Å². The van der Waals surface area contributed by atoms with E-state index in [9.17, 15) is 0 Å². The van der Waals surface area contributed by atoms with Crippen LogP contribution in [0.15, 0.2) is 58.7 Å². The topological polar surface area (TPSA) is 34.5 Å². The van der Waals surface area contributed by atoms with E-state index in [4.69, 9.17) is 4.74 Å². The fourth-order valence-corrected chi connectivity index (χ4v) is 4.14. The molecule has 0 bridgehead atoms. The lowest BCUT2D eigenvalue weighted by Gasteiger charge is -2.07. The van der Waals surface area contributed by atoms with Gasteiger partial charge in [0.1, 0.15) is 5.75 Å². The van der Waals surface area contributed by atoms with Crippen LogP contribution in [0.4, 0.5) is 0 Å². The third-order valence-corrected chi connectivity index (χ3v) is 5.66. The van der Waals surface area contributed by atoms with E-state index in [-0.39, 0.29) is 0 Å². The number of aliphatic imine (C=N–C) groups is 1. The van der Waals surface area contributed by atoms with E-state index in [1.807, 2.05) is 42.2 Å². The second-order valence-electron chi connectivity index (χ2n) is 4.59. The number of ether oxygens (including phenoxy) is 1. The van der Waals surface area contributed by atoms with Crippen LogP contribution in [0.5, 0.6) is 5.75 Å². The zero-order chi connectivity index (χ0) is 14.5. The largest absolute Gasteiger partial charge is 0.497 e. The first kappa shape index (κ1) is 14.5. The van der Waals surface area contributed by atoms with E-state index in [2.05, 4.69) is 28.2 Å². The van der Waals surface area contributed by atoms with Crippen molar-refractivity contribution in [2.75, 3.05) is 19.4 Å². The normalized spacial score (nSPS) is 17.6. The van der Waals surface area contributed by atoms with Gasteiger partial charge in [0, 0.05) is 22.8 Å². The van der Waals surface area contributed by atoms with Gasteiger partial charge in [-0.25, -0.2) is 4.98 Å². The summed E-state index contributed by atoms with van der Waals surface area (Å²) in [6.07, 6.45) is 1.84. The molecule has 0 N–H and O–H groups in total. The Balaban J connectivity index is 1.54. The molecule has 0 radical (unpaired) electrons. The van der Waals surface area contributed by atoms with Gasteiger partial charge in [0.15, 0.2) is 0 Å². The summed E-state index contributed by atoms with van der Waals surface area (Å²) in [6.45, 7) is 0.881. The van der Waals surface area contributed by atoms with Gasteiger partial charge in [-0.05, 0) is 36.4 Å². The van der Waals surface area contributed by atoms with Crippen LogP contribution in [0, 0.1) is 0 Å². The van der Waals surface area contributed by atoms with Crippen LogP contribution in [0.3, 0.4) is 0 Å². The molecule has 1 atom stereocenters. The van der Waals surface area contributed by atoms with Crippen LogP contribution in [0.2, 0.25) is 0 Å². The average Bonchev–Trinajstić information content (AvgIpc) is 3.03. The Morgan fingerprint density at radius 2 is 2.10 bits per heavy atom. The van der Waals surface area contributed by atoms with Crippen LogP contribution in [0.1, 0.15) is 5.56 Å². The molecule has 0 spiro atoms. The predicted octanol–water partition coefficient (Wildman–Crippen LogP) is 3.74. The number of aromatic nitrogens is 1. The summed E-state index contributed by atoms with van der Waals surface area (Å²) in [4.78, 5) is 9.00. The number of benzene rings is 1. The minimum atomic E-state index is 0.522. The fourth-order valence-electron chi connectivity index (χ4n) is 2.01. The Bertz CT molecular complexity index is 614. The molecule has 108 valence electrons. The summed E-state index contributed by atoms with van der Waals surface area (Å²) in [5.41, 5.74) is 1.17. The first-order chi connectivity index (χ1) is 10.3. The summed E-state index contributed by atoms with van der Waals surface area (Å²) in [5.74, 6) is 1.91. The number of pyridine rings is 1. The number of thioether (sulfide) groups is 2. The Labute approximate surface area is 133 Å². The highest BCUT2D eigenvalue weighted by atomic mass is 32.2. The maximum absolute atomic E-state index is 5.18. The highest BCUT2D eigenvalue weighted by molar-refractivity contribution is 8.16. The summed E-state index contributed by atoms with van der Waals surface area (Å²) in [5, 5.41) is 2.73. The van der Waals surface area contributed by atoms with Crippen molar-refractivity contribution in [3.8, 4) is 5.75 Å². The van der Waals surface area contributed by atoms with Crippen molar-refractivity contribution in [3.63, 3.8) is 0 Å². The molecule has 1 aromatic carbocycles. The highest BCUT2D eigenvalue weighted by Crippen LogP contribution is 2.30. The number of rotatable bonds is 5. The lowest BCUT2D eigenvalue weighted by Crippen LogP contribution is -2.06. The summed E-state index contributed by atoms with van der Waals surface area (Å²) in [7, 11) is 1.68. The first-order valence-electron chi connectivity index (χ1n) is 6.74. The molecule has 2 aromatic rings. The van der Waals surface area contributed by atoms with Gasteiger partial charge < -0.3 is 4.74 Å². The molecule has 0 unspecified atom stereocenters. The smallest absolute Gasteiger partial charge is 0.118 e. The van der Waals surface area contributed by atoms with E-state index in [1.54, 1.807) is 18.9 Å². The van der Waals surface area contributed by atoms with E-state index < -0.39 is 0 Å². The standard InChI is InChI=1S/C16H16N2OS2/c1-19-13-7-5-12(6-8-13)16-18-10-14(21-16)11-20-15-4-2-3-9-17-15/h2-9,14H,10-11H2,1H3/t14-/m1/s1. The Morgan fingerprint density at radius 3 is 2.81 bits per heavy atom. The molecule has 0 saturated carbocycles. The molecule has 1 aliphatic heterocycles. The van der Waals surface area contributed by atoms with Gasteiger partial charge in [-0.2, -0.15) is 0 Å². The monoisotopic (exact) mass is 316 g/mol. The molecule has 0 amide bonds. The number of nitrogens with zero attached hydrogens (tertiary/aromatic N) is 2. The highest BCUT2D eigenvalue weighted by Gasteiger charge is 2.21. The fraction of sp³-hybridized carbons (Fsp3) is 0.250. The van der Waals surface area contributed by atoms with Gasteiger partial charge in [0.25, 0.3) is 0 Å². The third kappa shape index (κ3) is 3.80. The van der Waals surface area contributed by atoms with Gasteiger partial charge in [-0.15, -0.1) is 23.5 Å². The molecule has 5 heteroatoms. The minimum absolute atomic E-state index is 0.522. The van der Waals surface area contributed by atoms with Crippen LogP contribution in [0.25, 0.3) is 0 Å².